The van der Waals surface area contributed by atoms with Crippen LogP contribution in [-0.2, 0) is 0 Å². The number of fused-ring (bicyclic) bond motifs is 1. The third-order valence-corrected chi connectivity index (χ3v) is 5.65. The van der Waals surface area contributed by atoms with E-state index in [0.29, 0.717) is 13.1 Å². The number of nitrogens with one attached hydrogen (secondary N) is 1. The average Bonchev–Trinajstić information content (AvgIpc) is 3.37. The van der Waals surface area contributed by atoms with Crippen LogP contribution in [-0.4, -0.2) is 41.8 Å². The number of carbonyl (C=O) groups is 1. The Balaban J connectivity index is 2.04. The normalized spacial score (nSPS) is 19.9. The first kappa shape index (κ1) is 17.9. The molecule has 2 fully saturated rings. The van der Waals surface area contributed by atoms with Gasteiger partial charge in [0, 0.05) is 36.9 Å². The van der Waals surface area contributed by atoms with Crippen LogP contribution in [0.5, 0.6) is 0 Å². The summed E-state index contributed by atoms with van der Waals surface area (Å²) in [5, 5.41) is 12.3. The van der Waals surface area contributed by atoms with Gasteiger partial charge in [-0.15, -0.1) is 0 Å². The van der Waals surface area contributed by atoms with Crippen molar-refractivity contribution in [1.29, 1.82) is 0 Å². The second kappa shape index (κ2) is 6.30. The van der Waals surface area contributed by atoms with Crippen LogP contribution < -0.4 is 15.6 Å². The molecule has 1 aromatic heterocycles. The number of pyridine rings is 1. The van der Waals surface area contributed by atoms with Crippen LogP contribution in [0.1, 0.15) is 41.2 Å². The van der Waals surface area contributed by atoms with Crippen LogP contribution in [0.15, 0.2) is 11.0 Å². The Hall–Kier alpha value is -2.48. The Kier molecular flexibility index (Phi) is 4.18. The summed E-state index contributed by atoms with van der Waals surface area (Å²) in [6, 6.07) is 0.0712. The molecule has 8 heteroatoms. The summed E-state index contributed by atoms with van der Waals surface area (Å²) in [6.07, 6.45) is 3.51. The lowest BCUT2D eigenvalue weighted by molar-refractivity contribution is 0.0695. The Labute approximate surface area is 154 Å². The molecule has 2 N–H and O–H groups in total. The number of anilines is 1. The van der Waals surface area contributed by atoms with Gasteiger partial charge in [-0.3, -0.25) is 4.79 Å². The van der Waals surface area contributed by atoms with E-state index in [0.717, 1.165) is 19.3 Å². The molecule has 1 aliphatic heterocycles. The number of benzene rings is 1. The average molecular weight is 377 g/mol. The van der Waals surface area contributed by atoms with E-state index in [1.54, 1.807) is 4.90 Å². The van der Waals surface area contributed by atoms with E-state index in [-0.39, 0.29) is 34.2 Å². The maximum absolute atomic E-state index is 15.5. The van der Waals surface area contributed by atoms with Crippen LogP contribution in [0.3, 0.4) is 0 Å². The molecule has 1 atom stereocenters. The van der Waals surface area contributed by atoms with Crippen molar-refractivity contribution in [3.8, 4) is 0 Å². The molecule has 0 amide bonds. The Morgan fingerprint density at radius 2 is 1.96 bits per heavy atom. The van der Waals surface area contributed by atoms with Gasteiger partial charge < -0.3 is 19.9 Å². The van der Waals surface area contributed by atoms with Crippen molar-refractivity contribution in [3.05, 3.63) is 39.2 Å². The summed E-state index contributed by atoms with van der Waals surface area (Å²) in [7, 11) is 1.81. The lowest BCUT2D eigenvalue weighted by Crippen LogP contribution is -2.31. The van der Waals surface area contributed by atoms with Crippen molar-refractivity contribution in [2.45, 2.75) is 38.3 Å². The van der Waals surface area contributed by atoms with Crippen LogP contribution in [0.25, 0.3) is 10.9 Å². The Bertz CT molecular complexity index is 1010. The fourth-order valence-corrected chi connectivity index (χ4v) is 3.97. The highest BCUT2D eigenvalue weighted by atomic mass is 19.1. The topological polar surface area (TPSA) is 74.6 Å². The summed E-state index contributed by atoms with van der Waals surface area (Å²) < 4.78 is 32.2. The molecule has 1 saturated carbocycles. The number of aromatic carboxylic acids is 1. The van der Waals surface area contributed by atoms with Gasteiger partial charge >= 0.3 is 5.97 Å². The molecule has 6 nitrogen and oxygen atoms in total. The van der Waals surface area contributed by atoms with Crippen molar-refractivity contribution < 1.29 is 18.7 Å². The van der Waals surface area contributed by atoms with Gasteiger partial charge in [0.2, 0.25) is 5.43 Å². The molecule has 4 rings (SSSR count). The first-order chi connectivity index (χ1) is 12.8. The zero-order chi connectivity index (χ0) is 19.5. The number of rotatable bonds is 4. The predicted molar refractivity (Wildman–Crippen MR) is 97.8 cm³/mol. The third kappa shape index (κ3) is 2.70. The van der Waals surface area contributed by atoms with Crippen molar-refractivity contribution in [2.75, 3.05) is 25.0 Å². The number of nitrogens with zero attached hydrogens (tertiary/aromatic N) is 2. The maximum Gasteiger partial charge on any atom is 0.341 e. The van der Waals surface area contributed by atoms with E-state index < -0.39 is 28.6 Å². The predicted octanol–water partition coefficient (Wildman–Crippen LogP) is 2.42. The Morgan fingerprint density at radius 1 is 1.26 bits per heavy atom. The summed E-state index contributed by atoms with van der Waals surface area (Å²) >= 11 is 0. The number of hydrogen-bond donors (Lipinski definition) is 2. The molecule has 0 radical (unpaired) electrons. The molecule has 1 unspecified atom stereocenters. The highest BCUT2D eigenvalue weighted by Crippen LogP contribution is 2.41. The van der Waals surface area contributed by atoms with Crippen LogP contribution in [0, 0.1) is 18.6 Å². The first-order valence-electron chi connectivity index (χ1n) is 9.07. The second-order valence-corrected chi connectivity index (χ2v) is 7.36. The lowest BCUT2D eigenvalue weighted by Gasteiger charge is -2.24. The van der Waals surface area contributed by atoms with Crippen LogP contribution >= 0.6 is 0 Å². The van der Waals surface area contributed by atoms with Gasteiger partial charge in [-0.2, -0.15) is 0 Å². The fraction of sp³-hybridized carbons (Fsp3) is 0.474. The van der Waals surface area contributed by atoms with Crippen LogP contribution in [0.4, 0.5) is 14.5 Å². The number of aromatic nitrogens is 1. The lowest BCUT2D eigenvalue weighted by atomic mass is 10.0. The van der Waals surface area contributed by atoms with Crippen molar-refractivity contribution in [1.82, 2.24) is 9.88 Å². The largest absolute Gasteiger partial charge is 0.477 e. The minimum atomic E-state index is -1.39. The van der Waals surface area contributed by atoms with Gasteiger partial charge in [-0.25, -0.2) is 13.6 Å². The molecule has 0 bridgehead atoms. The number of halogens is 2. The molecule has 27 heavy (non-hydrogen) atoms. The standard InChI is InChI=1S/C19H21F2N3O3/c1-9-13-16(24(11-3-4-11)8-12(18(13)25)19(26)27)15(21)17(14(9)20)23-6-5-10(7-23)22-2/h8,10-11,22H,3-7H2,1-2H3,(H,26,27). The quantitative estimate of drug-likeness (QED) is 0.856. The Morgan fingerprint density at radius 3 is 2.52 bits per heavy atom. The van der Waals surface area contributed by atoms with E-state index in [2.05, 4.69) is 5.32 Å². The molecule has 1 aromatic carbocycles. The monoisotopic (exact) mass is 377 g/mol. The van der Waals surface area contributed by atoms with Crippen LogP contribution in [0.2, 0.25) is 0 Å². The summed E-state index contributed by atoms with van der Waals surface area (Å²) in [4.78, 5) is 25.8. The highest BCUT2D eigenvalue weighted by molar-refractivity contribution is 5.95. The third-order valence-electron chi connectivity index (χ3n) is 5.65. The van der Waals surface area contributed by atoms with E-state index in [1.165, 1.54) is 17.7 Å². The summed E-state index contributed by atoms with van der Waals surface area (Å²) in [5.74, 6) is -2.97. The van der Waals surface area contributed by atoms with Gasteiger partial charge in [0.15, 0.2) is 11.6 Å². The number of aryl methyl sites for hydroxylation is 1. The van der Waals surface area contributed by atoms with Gasteiger partial charge in [-0.1, -0.05) is 0 Å². The molecule has 1 aliphatic carbocycles. The number of carboxylic acids is 1. The van der Waals surface area contributed by atoms with Gasteiger partial charge in [0.25, 0.3) is 0 Å². The van der Waals surface area contributed by atoms with Crippen molar-refractivity contribution in [2.24, 2.45) is 0 Å². The maximum atomic E-state index is 15.5. The van der Waals surface area contributed by atoms with Crippen molar-refractivity contribution >= 4 is 22.6 Å². The minimum absolute atomic E-state index is 0.00296. The molecule has 2 aliphatic rings. The number of likely N-dealkylation sites (N-methyl/N-ethyl adjacent to an activating group) is 1. The zero-order valence-electron chi connectivity index (χ0n) is 15.2. The van der Waals surface area contributed by atoms with E-state index in [4.69, 9.17) is 0 Å². The number of hydrogen-bond acceptors (Lipinski definition) is 4. The second-order valence-electron chi connectivity index (χ2n) is 7.36. The van der Waals surface area contributed by atoms with E-state index in [9.17, 15) is 14.7 Å². The molecule has 2 aromatic rings. The molecule has 144 valence electrons. The fourth-order valence-electron chi connectivity index (χ4n) is 3.97. The SMILES string of the molecule is CNC1CCN(c2c(F)c(C)c3c(=O)c(C(=O)O)cn(C4CC4)c3c2F)C1. The summed E-state index contributed by atoms with van der Waals surface area (Å²) in [5.41, 5.74) is -1.42. The highest BCUT2D eigenvalue weighted by Gasteiger charge is 2.34. The summed E-state index contributed by atoms with van der Waals surface area (Å²) in [6.45, 7) is 2.39. The number of carboxylic acid groups (broad SMARTS) is 1. The van der Waals surface area contributed by atoms with E-state index >= 15 is 8.78 Å². The van der Waals surface area contributed by atoms with Gasteiger partial charge in [-0.05, 0) is 33.2 Å². The van der Waals surface area contributed by atoms with E-state index in [1.807, 2.05) is 7.05 Å². The molecular formula is C19H21F2N3O3. The molecule has 1 saturated heterocycles. The van der Waals surface area contributed by atoms with Crippen molar-refractivity contribution in [3.63, 3.8) is 0 Å². The smallest absolute Gasteiger partial charge is 0.341 e. The minimum Gasteiger partial charge on any atom is -0.477 e. The molecule has 2 heterocycles. The first-order valence-corrected chi connectivity index (χ1v) is 9.07. The molecule has 0 spiro atoms. The molecular weight excluding hydrogens is 356 g/mol. The zero-order valence-corrected chi connectivity index (χ0v) is 15.2. The van der Waals surface area contributed by atoms with Gasteiger partial charge in [0.05, 0.1) is 10.9 Å². The van der Waals surface area contributed by atoms with Gasteiger partial charge in [0.1, 0.15) is 11.3 Å².